The summed E-state index contributed by atoms with van der Waals surface area (Å²) in [5.41, 5.74) is 4.34. The molecule has 2 heterocycles. The monoisotopic (exact) mass is 245 g/mol. The van der Waals surface area contributed by atoms with E-state index >= 15 is 0 Å². The Hall–Kier alpha value is -1.06. The number of anilines is 1. The van der Waals surface area contributed by atoms with E-state index in [0.29, 0.717) is 6.04 Å². The normalized spacial score (nSPS) is 23.7. The van der Waals surface area contributed by atoms with Crippen molar-refractivity contribution in [1.82, 2.24) is 10.2 Å². The van der Waals surface area contributed by atoms with Crippen molar-refractivity contribution >= 4 is 5.69 Å². The summed E-state index contributed by atoms with van der Waals surface area (Å²) in [5.74, 6) is 0. The molecular weight excluding hydrogens is 222 g/mol. The maximum atomic E-state index is 3.62. The molecule has 0 aliphatic carbocycles. The first-order valence-corrected chi connectivity index (χ1v) is 7.09. The molecule has 2 aliphatic heterocycles. The molecule has 1 saturated heterocycles. The molecule has 3 heteroatoms. The molecule has 0 bridgehead atoms. The standard InChI is InChI=1S/C15H23N3/c1-18-9-8-16-14(11-18)4-2-12-3-5-15-13(10-12)6-7-17-15/h3,5,10,14,16-17H,2,4,6-9,11H2,1H3. The molecule has 2 aliphatic rings. The number of hydrogen-bond donors (Lipinski definition) is 2. The maximum absolute atomic E-state index is 3.62. The zero-order valence-corrected chi connectivity index (χ0v) is 11.2. The predicted octanol–water partition coefficient (Wildman–Crippen LogP) is 1.49. The Balaban J connectivity index is 1.56. The van der Waals surface area contributed by atoms with Gasteiger partial charge in [-0.3, -0.25) is 0 Å². The van der Waals surface area contributed by atoms with Gasteiger partial charge in [-0.15, -0.1) is 0 Å². The van der Waals surface area contributed by atoms with Gasteiger partial charge in [0.05, 0.1) is 0 Å². The number of aryl methyl sites for hydroxylation is 1. The average Bonchev–Trinajstić information content (AvgIpc) is 2.84. The van der Waals surface area contributed by atoms with Crippen LogP contribution in [0.15, 0.2) is 18.2 Å². The highest BCUT2D eigenvalue weighted by molar-refractivity contribution is 5.56. The first-order valence-electron chi connectivity index (χ1n) is 7.09. The van der Waals surface area contributed by atoms with Crippen LogP contribution in [-0.4, -0.2) is 44.2 Å². The van der Waals surface area contributed by atoms with Crippen LogP contribution in [0.2, 0.25) is 0 Å². The summed E-state index contributed by atoms with van der Waals surface area (Å²) in [5, 5.41) is 7.04. The van der Waals surface area contributed by atoms with Crippen molar-refractivity contribution in [3.8, 4) is 0 Å². The maximum Gasteiger partial charge on any atom is 0.0373 e. The lowest BCUT2D eigenvalue weighted by Gasteiger charge is -2.31. The Bertz CT molecular complexity index is 416. The smallest absolute Gasteiger partial charge is 0.0373 e. The molecule has 1 fully saturated rings. The number of rotatable bonds is 3. The van der Waals surface area contributed by atoms with E-state index in [1.165, 1.54) is 49.2 Å². The Morgan fingerprint density at radius 3 is 3.17 bits per heavy atom. The van der Waals surface area contributed by atoms with Gasteiger partial charge in [0, 0.05) is 37.9 Å². The van der Waals surface area contributed by atoms with Gasteiger partial charge in [0.2, 0.25) is 0 Å². The van der Waals surface area contributed by atoms with E-state index in [9.17, 15) is 0 Å². The molecule has 3 rings (SSSR count). The van der Waals surface area contributed by atoms with Crippen LogP contribution in [0.25, 0.3) is 0 Å². The molecule has 0 radical (unpaired) electrons. The van der Waals surface area contributed by atoms with E-state index in [-0.39, 0.29) is 0 Å². The van der Waals surface area contributed by atoms with Crippen LogP contribution in [0.4, 0.5) is 5.69 Å². The fourth-order valence-corrected chi connectivity index (χ4v) is 3.04. The Morgan fingerprint density at radius 1 is 1.33 bits per heavy atom. The lowest BCUT2D eigenvalue weighted by molar-refractivity contribution is 0.232. The first-order chi connectivity index (χ1) is 8.81. The molecule has 0 spiro atoms. The molecule has 1 atom stereocenters. The number of nitrogens with one attached hydrogen (secondary N) is 2. The number of nitrogens with zero attached hydrogens (tertiary/aromatic N) is 1. The summed E-state index contributed by atoms with van der Waals surface area (Å²) in [6.45, 7) is 4.61. The average molecular weight is 245 g/mol. The minimum absolute atomic E-state index is 0.662. The van der Waals surface area contributed by atoms with Gasteiger partial charge in [0.1, 0.15) is 0 Å². The second-order valence-electron chi connectivity index (χ2n) is 5.62. The van der Waals surface area contributed by atoms with Gasteiger partial charge in [0.25, 0.3) is 0 Å². The number of piperazine rings is 1. The van der Waals surface area contributed by atoms with E-state index in [2.05, 4.69) is 40.8 Å². The summed E-state index contributed by atoms with van der Waals surface area (Å²) in [4.78, 5) is 2.42. The molecule has 1 aromatic carbocycles. The van der Waals surface area contributed by atoms with E-state index in [4.69, 9.17) is 0 Å². The lowest BCUT2D eigenvalue weighted by Crippen LogP contribution is -2.49. The zero-order valence-electron chi connectivity index (χ0n) is 11.2. The van der Waals surface area contributed by atoms with Gasteiger partial charge >= 0.3 is 0 Å². The van der Waals surface area contributed by atoms with E-state index < -0.39 is 0 Å². The Labute approximate surface area is 110 Å². The summed E-state index contributed by atoms with van der Waals surface area (Å²) in [7, 11) is 2.22. The Kier molecular flexibility index (Phi) is 3.52. The highest BCUT2D eigenvalue weighted by Crippen LogP contribution is 2.23. The zero-order chi connectivity index (χ0) is 12.4. The van der Waals surface area contributed by atoms with Crippen LogP contribution in [0.5, 0.6) is 0 Å². The molecule has 0 saturated carbocycles. The molecule has 1 aromatic rings. The van der Waals surface area contributed by atoms with Gasteiger partial charge in [-0.05, 0) is 43.5 Å². The number of likely N-dealkylation sites (N-methyl/N-ethyl adjacent to an activating group) is 1. The molecule has 98 valence electrons. The third kappa shape index (κ3) is 2.68. The molecule has 3 nitrogen and oxygen atoms in total. The topological polar surface area (TPSA) is 27.3 Å². The Morgan fingerprint density at radius 2 is 2.28 bits per heavy atom. The number of fused-ring (bicyclic) bond motifs is 1. The summed E-state index contributed by atoms with van der Waals surface area (Å²) >= 11 is 0. The van der Waals surface area contributed by atoms with E-state index in [0.717, 1.165) is 13.1 Å². The minimum atomic E-state index is 0.662. The molecule has 18 heavy (non-hydrogen) atoms. The van der Waals surface area contributed by atoms with Crippen molar-refractivity contribution in [2.24, 2.45) is 0 Å². The largest absolute Gasteiger partial charge is 0.384 e. The van der Waals surface area contributed by atoms with Gasteiger partial charge in [0.15, 0.2) is 0 Å². The summed E-state index contributed by atoms with van der Waals surface area (Å²) < 4.78 is 0. The van der Waals surface area contributed by atoms with Gasteiger partial charge in [-0.25, -0.2) is 0 Å². The molecule has 1 unspecified atom stereocenters. The minimum Gasteiger partial charge on any atom is -0.384 e. The quantitative estimate of drug-likeness (QED) is 0.845. The second kappa shape index (κ2) is 5.29. The number of hydrogen-bond acceptors (Lipinski definition) is 3. The lowest BCUT2D eigenvalue weighted by atomic mass is 10.0. The summed E-state index contributed by atoms with van der Waals surface area (Å²) in [6, 6.07) is 7.58. The molecular formula is C15H23N3. The van der Waals surface area contributed by atoms with Crippen LogP contribution in [0.3, 0.4) is 0 Å². The SMILES string of the molecule is CN1CCNC(CCc2ccc3c(c2)CCN3)C1. The highest BCUT2D eigenvalue weighted by atomic mass is 15.2. The van der Waals surface area contributed by atoms with Crippen LogP contribution >= 0.6 is 0 Å². The predicted molar refractivity (Wildman–Crippen MR) is 76.2 cm³/mol. The third-order valence-corrected chi connectivity index (χ3v) is 4.12. The number of benzene rings is 1. The van der Waals surface area contributed by atoms with Crippen LogP contribution in [0.1, 0.15) is 17.5 Å². The van der Waals surface area contributed by atoms with Gasteiger partial charge in [-0.2, -0.15) is 0 Å². The molecule has 2 N–H and O–H groups in total. The second-order valence-corrected chi connectivity index (χ2v) is 5.62. The third-order valence-electron chi connectivity index (χ3n) is 4.12. The van der Waals surface area contributed by atoms with Crippen molar-refractivity contribution in [1.29, 1.82) is 0 Å². The van der Waals surface area contributed by atoms with Crippen molar-refractivity contribution in [2.45, 2.75) is 25.3 Å². The highest BCUT2D eigenvalue weighted by Gasteiger charge is 2.16. The van der Waals surface area contributed by atoms with Crippen molar-refractivity contribution in [3.05, 3.63) is 29.3 Å². The fourth-order valence-electron chi connectivity index (χ4n) is 3.04. The summed E-state index contributed by atoms with van der Waals surface area (Å²) in [6.07, 6.45) is 3.63. The van der Waals surface area contributed by atoms with Crippen LogP contribution in [-0.2, 0) is 12.8 Å². The van der Waals surface area contributed by atoms with Crippen molar-refractivity contribution in [3.63, 3.8) is 0 Å². The van der Waals surface area contributed by atoms with Gasteiger partial charge in [-0.1, -0.05) is 12.1 Å². The fraction of sp³-hybridized carbons (Fsp3) is 0.600. The van der Waals surface area contributed by atoms with Crippen LogP contribution in [0, 0.1) is 0 Å². The first kappa shape index (κ1) is 12.0. The van der Waals surface area contributed by atoms with Crippen molar-refractivity contribution < 1.29 is 0 Å². The van der Waals surface area contributed by atoms with Crippen molar-refractivity contribution in [2.75, 3.05) is 38.5 Å². The molecule has 0 amide bonds. The van der Waals surface area contributed by atoms with E-state index in [1.807, 2.05) is 0 Å². The van der Waals surface area contributed by atoms with E-state index in [1.54, 1.807) is 0 Å². The van der Waals surface area contributed by atoms with Gasteiger partial charge < -0.3 is 15.5 Å². The molecule has 0 aromatic heterocycles. The van der Waals surface area contributed by atoms with Crippen LogP contribution < -0.4 is 10.6 Å².